The van der Waals surface area contributed by atoms with Gasteiger partial charge in [-0.3, -0.25) is 4.79 Å². The third kappa shape index (κ3) is 4.64. The van der Waals surface area contributed by atoms with E-state index in [0.717, 1.165) is 41.2 Å². The van der Waals surface area contributed by atoms with Crippen LogP contribution in [0.5, 0.6) is 0 Å². The van der Waals surface area contributed by atoms with Crippen molar-refractivity contribution in [2.45, 2.75) is 40.3 Å². The topological polar surface area (TPSA) is 75.6 Å². The maximum absolute atomic E-state index is 12.5. The van der Waals surface area contributed by atoms with Crippen LogP contribution in [0.1, 0.15) is 35.9 Å². The number of nitriles is 1. The number of carbonyl (C=O) groups excluding carboxylic acids is 1. The maximum Gasteiger partial charge on any atom is 0.262 e. The Bertz CT molecular complexity index is 1050. The molecule has 0 fully saturated rings. The van der Waals surface area contributed by atoms with Gasteiger partial charge in [0.2, 0.25) is 0 Å². The van der Waals surface area contributed by atoms with Gasteiger partial charge in [-0.25, -0.2) is 4.68 Å². The van der Waals surface area contributed by atoms with Crippen LogP contribution in [0.15, 0.2) is 54.4 Å². The van der Waals surface area contributed by atoms with Crippen LogP contribution in [-0.4, -0.2) is 20.3 Å². The summed E-state index contributed by atoms with van der Waals surface area (Å²) in [4.78, 5) is 12.5. The predicted molar refractivity (Wildman–Crippen MR) is 113 cm³/mol. The third-order valence-corrected chi connectivity index (χ3v) is 4.88. The minimum atomic E-state index is -0.371. The first kappa shape index (κ1) is 20.2. The fourth-order valence-electron chi connectivity index (χ4n) is 3.31. The van der Waals surface area contributed by atoms with E-state index in [1.807, 2.05) is 62.5 Å². The Hall–Kier alpha value is -3.59. The van der Waals surface area contributed by atoms with E-state index in [1.54, 1.807) is 17.0 Å². The summed E-state index contributed by atoms with van der Waals surface area (Å²) in [7, 11) is 0. The summed E-state index contributed by atoms with van der Waals surface area (Å²) in [6.07, 6.45) is 6.30. The molecule has 2 aromatic heterocycles. The van der Waals surface area contributed by atoms with E-state index in [9.17, 15) is 10.1 Å². The fraction of sp³-hybridized carbons (Fsp3) is 0.261. The zero-order valence-electron chi connectivity index (χ0n) is 17.0. The number of aromatic nitrogens is 3. The van der Waals surface area contributed by atoms with E-state index in [-0.39, 0.29) is 11.5 Å². The molecule has 3 rings (SSSR count). The average molecular weight is 387 g/mol. The second-order valence-electron chi connectivity index (χ2n) is 6.95. The number of nitrogens with zero attached hydrogens (tertiary/aromatic N) is 4. The molecule has 29 heavy (non-hydrogen) atoms. The highest BCUT2D eigenvalue weighted by Gasteiger charge is 2.12. The Morgan fingerprint density at radius 1 is 1.28 bits per heavy atom. The molecule has 1 N–H and O–H groups in total. The van der Waals surface area contributed by atoms with Crippen LogP contribution in [0.4, 0.5) is 0 Å². The second kappa shape index (κ2) is 9.07. The fourth-order valence-corrected chi connectivity index (χ4v) is 3.31. The van der Waals surface area contributed by atoms with E-state index >= 15 is 0 Å². The molecule has 6 nitrogen and oxygen atoms in total. The van der Waals surface area contributed by atoms with E-state index in [4.69, 9.17) is 0 Å². The number of aryl methyl sites for hydroxylation is 1. The lowest BCUT2D eigenvalue weighted by Crippen LogP contribution is -2.24. The number of hydrogen-bond acceptors (Lipinski definition) is 3. The number of carbonyl (C=O) groups is 1. The van der Waals surface area contributed by atoms with Crippen molar-refractivity contribution in [2.24, 2.45) is 0 Å². The van der Waals surface area contributed by atoms with Crippen LogP contribution in [0.25, 0.3) is 11.8 Å². The van der Waals surface area contributed by atoms with Gasteiger partial charge >= 0.3 is 0 Å². The highest BCUT2D eigenvalue weighted by Crippen LogP contribution is 2.19. The molecule has 0 aliphatic carbocycles. The van der Waals surface area contributed by atoms with Crippen LogP contribution >= 0.6 is 0 Å². The summed E-state index contributed by atoms with van der Waals surface area (Å²) in [5.74, 6) is -0.371. The Balaban J connectivity index is 1.68. The van der Waals surface area contributed by atoms with E-state index in [2.05, 4.69) is 21.9 Å². The van der Waals surface area contributed by atoms with Crippen molar-refractivity contribution < 1.29 is 4.79 Å². The molecule has 0 aliphatic rings. The van der Waals surface area contributed by atoms with Gasteiger partial charge in [0, 0.05) is 36.9 Å². The molecular formula is C23H25N5O. The standard InChI is InChI=1S/C23H25N5O/c1-4-11-27-17(2)13-20(18(27)3)14-21(15-24)23(29)25-16-19-6-8-22(9-7-19)28-12-5-10-26-28/h5-10,12-14H,4,11,16H2,1-3H3,(H,25,29). The van der Waals surface area contributed by atoms with E-state index in [1.165, 1.54) is 0 Å². The zero-order chi connectivity index (χ0) is 20.8. The van der Waals surface area contributed by atoms with Crippen molar-refractivity contribution in [2.75, 3.05) is 0 Å². The van der Waals surface area contributed by atoms with Crippen LogP contribution in [-0.2, 0) is 17.9 Å². The zero-order valence-corrected chi connectivity index (χ0v) is 17.0. The smallest absolute Gasteiger partial charge is 0.262 e. The van der Waals surface area contributed by atoms with Gasteiger partial charge in [-0.1, -0.05) is 19.1 Å². The van der Waals surface area contributed by atoms with Gasteiger partial charge in [0.05, 0.1) is 5.69 Å². The lowest BCUT2D eigenvalue weighted by atomic mass is 10.1. The monoisotopic (exact) mass is 387 g/mol. The number of rotatable bonds is 7. The summed E-state index contributed by atoms with van der Waals surface area (Å²) in [6.45, 7) is 7.46. The van der Waals surface area contributed by atoms with Crippen molar-refractivity contribution in [3.8, 4) is 11.8 Å². The maximum atomic E-state index is 12.5. The Morgan fingerprint density at radius 3 is 2.66 bits per heavy atom. The molecule has 0 atom stereocenters. The highest BCUT2D eigenvalue weighted by atomic mass is 16.1. The molecule has 0 saturated carbocycles. The summed E-state index contributed by atoms with van der Waals surface area (Å²) in [5, 5.41) is 16.5. The van der Waals surface area contributed by atoms with Gasteiger partial charge in [-0.2, -0.15) is 10.4 Å². The summed E-state index contributed by atoms with van der Waals surface area (Å²) < 4.78 is 3.98. The van der Waals surface area contributed by atoms with Crippen LogP contribution in [0.2, 0.25) is 0 Å². The molecule has 3 aromatic rings. The summed E-state index contributed by atoms with van der Waals surface area (Å²) >= 11 is 0. The van der Waals surface area contributed by atoms with Crippen LogP contribution in [0, 0.1) is 25.2 Å². The van der Waals surface area contributed by atoms with Crippen molar-refractivity contribution in [1.29, 1.82) is 5.26 Å². The Morgan fingerprint density at radius 2 is 2.03 bits per heavy atom. The SMILES string of the molecule is CCCn1c(C)cc(C=C(C#N)C(=O)NCc2ccc(-n3cccn3)cc2)c1C. The molecule has 0 unspecified atom stereocenters. The molecule has 1 amide bonds. The average Bonchev–Trinajstić information content (AvgIpc) is 3.35. The number of nitrogens with one attached hydrogen (secondary N) is 1. The van der Waals surface area contributed by atoms with Crippen LogP contribution < -0.4 is 5.32 Å². The van der Waals surface area contributed by atoms with Gasteiger partial charge in [0.25, 0.3) is 5.91 Å². The number of amides is 1. The number of benzene rings is 1. The second-order valence-corrected chi connectivity index (χ2v) is 6.95. The first-order valence-corrected chi connectivity index (χ1v) is 9.69. The molecule has 2 heterocycles. The van der Waals surface area contributed by atoms with Gasteiger partial charge in [0.15, 0.2) is 0 Å². The molecule has 0 aliphatic heterocycles. The predicted octanol–water partition coefficient (Wildman–Crippen LogP) is 3.92. The molecule has 0 saturated heterocycles. The molecule has 0 radical (unpaired) electrons. The van der Waals surface area contributed by atoms with Crippen molar-refractivity contribution in [3.05, 3.63) is 76.9 Å². The molecule has 0 spiro atoms. The van der Waals surface area contributed by atoms with Gasteiger partial charge in [0.1, 0.15) is 11.6 Å². The molecule has 6 heteroatoms. The van der Waals surface area contributed by atoms with E-state index in [0.29, 0.717) is 6.54 Å². The molecule has 1 aromatic carbocycles. The molecule has 0 bridgehead atoms. The number of hydrogen-bond donors (Lipinski definition) is 1. The van der Waals surface area contributed by atoms with Crippen molar-refractivity contribution in [3.63, 3.8) is 0 Å². The minimum absolute atomic E-state index is 0.106. The van der Waals surface area contributed by atoms with Gasteiger partial charge in [-0.05, 0) is 61.7 Å². The highest BCUT2D eigenvalue weighted by molar-refractivity contribution is 6.01. The first-order valence-electron chi connectivity index (χ1n) is 9.69. The lowest BCUT2D eigenvalue weighted by molar-refractivity contribution is -0.117. The van der Waals surface area contributed by atoms with Crippen LogP contribution in [0.3, 0.4) is 0 Å². The molecular weight excluding hydrogens is 362 g/mol. The summed E-state index contributed by atoms with van der Waals surface area (Å²) in [5.41, 5.74) is 5.11. The lowest BCUT2D eigenvalue weighted by Gasteiger charge is -2.08. The minimum Gasteiger partial charge on any atom is -0.349 e. The quantitative estimate of drug-likeness (QED) is 0.493. The Kier molecular flexibility index (Phi) is 6.30. The molecule has 148 valence electrons. The van der Waals surface area contributed by atoms with Crippen molar-refractivity contribution in [1.82, 2.24) is 19.7 Å². The Labute approximate surface area is 171 Å². The third-order valence-electron chi connectivity index (χ3n) is 4.88. The van der Waals surface area contributed by atoms with Gasteiger partial charge in [-0.15, -0.1) is 0 Å². The van der Waals surface area contributed by atoms with E-state index < -0.39 is 0 Å². The first-order chi connectivity index (χ1) is 14.0. The van der Waals surface area contributed by atoms with Gasteiger partial charge < -0.3 is 9.88 Å². The normalized spacial score (nSPS) is 11.3. The van der Waals surface area contributed by atoms with Crippen molar-refractivity contribution >= 4 is 12.0 Å². The summed E-state index contributed by atoms with van der Waals surface area (Å²) in [6, 6.07) is 13.7. The largest absolute Gasteiger partial charge is 0.349 e.